The third-order valence-corrected chi connectivity index (χ3v) is 0.760. The van der Waals surface area contributed by atoms with E-state index in [0.29, 0.717) is 0 Å². The van der Waals surface area contributed by atoms with Crippen LogP contribution in [0, 0.1) is 0 Å². The molecular weight excluding hydrogens is 153 g/mol. The van der Waals surface area contributed by atoms with Crippen molar-refractivity contribution in [2.75, 3.05) is 5.88 Å². The molecule has 0 bridgehead atoms. The molecule has 0 aromatic carbocycles. The van der Waals surface area contributed by atoms with E-state index < -0.39 is 18.0 Å². The van der Waals surface area contributed by atoms with Gasteiger partial charge in [-0.3, -0.25) is 4.79 Å². The van der Waals surface area contributed by atoms with Gasteiger partial charge in [0.05, 0.1) is 0 Å². The van der Waals surface area contributed by atoms with Gasteiger partial charge in [0, 0.05) is 6.92 Å². The van der Waals surface area contributed by atoms with Crippen LogP contribution in [0.15, 0.2) is 0 Å². The molecule has 0 N–H and O–H groups in total. The number of halogens is 3. The van der Waals surface area contributed by atoms with E-state index in [2.05, 4.69) is 4.74 Å². The average molecular weight is 159 g/mol. The number of carbonyl (C=O) groups excluding carboxylic acids is 1. The van der Waals surface area contributed by atoms with E-state index in [1.54, 1.807) is 0 Å². The lowest BCUT2D eigenvalue weighted by Crippen LogP contribution is -2.25. The van der Waals surface area contributed by atoms with Crippen molar-refractivity contribution in [1.29, 1.82) is 0 Å². The van der Waals surface area contributed by atoms with Crippen LogP contribution in [0.5, 0.6) is 0 Å². The van der Waals surface area contributed by atoms with Crippen LogP contribution in [0.4, 0.5) is 8.78 Å². The summed E-state index contributed by atoms with van der Waals surface area (Å²) < 4.78 is 27.1. The fourth-order valence-electron chi connectivity index (χ4n) is 0.238. The van der Waals surface area contributed by atoms with Crippen LogP contribution in [-0.4, -0.2) is 18.0 Å². The fourth-order valence-corrected chi connectivity index (χ4v) is 0.292. The van der Waals surface area contributed by atoms with Crippen molar-refractivity contribution >= 4 is 17.6 Å². The van der Waals surface area contributed by atoms with E-state index in [4.69, 9.17) is 11.6 Å². The van der Waals surface area contributed by atoms with E-state index in [1.807, 2.05) is 0 Å². The second-order valence-electron chi connectivity index (χ2n) is 1.36. The molecule has 0 saturated heterocycles. The van der Waals surface area contributed by atoms with Crippen LogP contribution in [0.25, 0.3) is 0 Å². The molecule has 0 rings (SSSR count). The number of hydrogen-bond acceptors (Lipinski definition) is 2. The lowest BCUT2D eigenvalue weighted by Gasteiger charge is -2.10. The van der Waals surface area contributed by atoms with E-state index in [9.17, 15) is 13.6 Å². The quantitative estimate of drug-likeness (QED) is 0.448. The predicted molar refractivity (Wildman–Crippen MR) is 27.4 cm³/mol. The Morgan fingerprint density at radius 3 is 2.33 bits per heavy atom. The molecule has 0 aromatic heterocycles. The molecule has 0 atom stereocenters. The molecule has 0 saturated carbocycles. The SMILES string of the molecule is CC(=O)OC(F)(F)CCl. The summed E-state index contributed by atoms with van der Waals surface area (Å²) in [7, 11) is 0. The lowest BCUT2D eigenvalue weighted by molar-refractivity contribution is -0.218. The minimum absolute atomic E-state index is 0.889. The maximum Gasteiger partial charge on any atom is 0.413 e. The first-order valence-corrected chi connectivity index (χ1v) is 2.65. The highest BCUT2D eigenvalue weighted by atomic mass is 35.5. The molecule has 0 amide bonds. The van der Waals surface area contributed by atoms with Gasteiger partial charge in [0.15, 0.2) is 0 Å². The summed E-state index contributed by atoms with van der Waals surface area (Å²) >= 11 is 4.71. The second kappa shape index (κ2) is 2.96. The zero-order valence-corrected chi connectivity index (χ0v) is 5.41. The topological polar surface area (TPSA) is 26.3 Å². The zero-order valence-electron chi connectivity index (χ0n) is 4.66. The fraction of sp³-hybridized carbons (Fsp3) is 0.750. The van der Waals surface area contributed by atoms with Crippen molar-refractivity contribution in [1.82, 2.24) is 0 Å². The Kier molecular flexibility index (Phi) is 2.84. The number of ether oxygens (including phenoxy) is 1. The van der Waals surface area contributed by atoms with Gasteiger partial charge in [-0.1, -0.05) is 0 Å². The molecule has 0 aliphatic rings. The summed E-state index contributed by atoms with van der Waals surface area (Å²) in [5.74, 6) is -2.05. The Labute approximate surface area is 55.7 Å². The molecule has 0 radical (unpaired) electrons. The molecule has 0 aliphatic heterocycles. The third-order valence-electron chi connectivity index (χ3n) is 0.449. The molecule has 0 heterocycles. The number of esters is 1. The number of alkyl halides is 3. The normalized spacial score (nSPS) is 11.1. The number of carbonyl (C=O) groups is 1. The lowest BCUT2D eigenvalue weighted by atomic mass is 10.7. The Hall–Kier alpha value is -0.380. The summed E-state index contributed by atoms with van der Waals surface area (Å²) in [5.41, 5.74) is 0. The Bertz CT molecular complexity index is 115. The predicted octanol–water partition coefficient (Wildman–Crippen LogP) is 1.38. The standard InChI is InChI=1S/C4H5ClF2O2/c1-3(8)9-4(6,7)2-5/h2H2,1H3. The third kappa shape index (κ3) is 4.14. The van der Waals surface area contributed by atoms with Gasteiger partial charge in [-0.25, -0.2) is 0 Å². The Balaban J connectivity index is 3.71. The molecule has 54 valence electrons. The van der Waals surface area contributed by atoms with Crippen molar-refractivity contribution in [3.05, 3.63) is 0 Å². The van der Waals surface area contributed by atoms with E-state index in [0.717, 1.165) is 6.92 Å². The van der Waals surface area contributed by atoms with Crippen LogP contribution < -0.4 is 0 Å². The number of rotatable bonds is 2. The smallest absolute Gasteiger partial charge is 0.400 e. The molecule has 0 aliphatic carbocycles. The summed E-state index contributed by atoms with van der Waals surface area (Å²) in [4.78, 5) is 9.86. The van der Waals surface area contributed by atoms with Gasteiger partial charge in [0.25, 0.3) is 0 Å². The van der Waals surface area contributed by atoms with Crippen LogP contribution in [-0.2, 0) is 9.53 Å². The first kappa shape index (κ1) is 8.62. The van der Waals surface area contributed by atoms with Gasteiger partial charge >= 0.3 is 12.1 Å². The summed E-state index contributed by atoms with van der Waals surface area (Å²) in [6, 6.07) is 0. The summed E-state index contributed by atoms with van der Waals surface area (Å²) in [6.07, 6.45) is -3.52. The van der Waals surface area contributed by atoms with Gasteiger partial charge < -0.3 is 4.74 Å². The summed E-state index contributed by atoms with van der Waals surface area (Å²) in [6.45, 7) is 0.889. The van der Waals surface area contributed by atoms with Gasteiger partial charge in [0.1, 0.15) is 5.88 Å². The Morgan fingerprint density at radius 1 is 1.78 bits per heavy atom. The first-order chi connectivity index (χ1) is 3.98. The highest BCUT2D eigenvalue weighted by Gasteiger charge is 2.30. The highest BCUT2D eigenvalue weighted by Crippen LogP contribution is 2.16. The minimum atomic E-state index is -3.52. The van der Waals surface area contributed by atoms with Gasteiger partial charge in [-0.05, 0) is 0 Å². The Morgan fingerprint density at radius 2 is 2.22 bits per heavy atom. The molecule has 0 aromatic rings. The largest absolute Gasteiger partial charge is 0.413 e. The monoisotopic (exact) mass is 158 g/mol. The van der Waals surface area contributed by atoms with Gasteiger partial charge in [-0.2, -0.15) is 8.78 Å². The maximum atomic E-state index is 11.8. The average Bonchev–Trinajstić information content (AvgIpc) is 1.63. The van der Waals surface area contributed by atoms with Crippen molar-refractivity contribution in [3.63, 3.8) is 0 Å². The number of hydrogen-bond donors (Lipinski definition) is 0. The van der Waals surface area contributed by atoms with Gasteiger partial charge in [0.2, 0.25) is 0 Å². The van der Waals surface area contributed by atoms with Crippen molar-refractivity contribution in [2.45, 2.75) is 13.0 Å². The van der Waals surface area contributed by atoms with Crippen LogP contribution in [0.1, 0.15) is 6.92 Å². The molecular formula is C4H5ClF2O2. The van der Waals surface area contributed by atoms with Crippen LogP contribution in [0.2, 0.25) is 0 Å². The molecule has 9 heavy (non-hydrogen) atoms. The van der Waals surface area contributed by atoms with Crippen LogP contribution in [0.3, 0.4) is 0 Å². The molecule has 0 unspecified atom stereocenters. The van der Waals surface area contributed by atoms with E-state index in [1.165, 1.54) is 0 Å². The highest BCUT2D eigenvalue weighted by molar-refractivity contribution is 6.18. The van der Waals surface area contributed by atoms with Crippen molar-refractivity contribution in [2.24, 2.45) is 0 Å². The van der Waals surface area contributed by atoms with Gasteiger partial charge in [-0.15, -0.1) is 11.6 Å². The first-order valence-electron chi connectivity index (χ1n) is 2.11. The molecule has 5 heteroatoms. The van der Waals surface area contributed by atoms with Crippen molar-refractivity contribution in [3.8, 4) is 0 Å². The zero-order chi connectivity index (χ0) is 7.49. The summed E-state index contributed by atoms with van der Waals surface area (Å²) in [5, 5.41) is 0. The molecule has 0 fully saturated rings. The minimum Gasteiger partial charge on any atom is -0.400 e. The van der Waals surface area contributed by atoms with Crippen molar-refractivity contribution < 1.29 is 18.3 Å². The van der Waals surface area contributed by atoms with E-state index in [-0.39, 0.29) is 0 Å². The maximum absolute atomic E-state index is 11.8. The second-order valence-corrected chi connectivity index (χ2v) is 1.63. The van der Waals surface area contributed by atoms with E-state index >= 15 is 0 Å². The van der Waals surface area contributed by atoms with Crippen LogP contribution >= 0.6 is 11.6 Å². The molecule has 2 nitrogen and oxygen atoms in total. The molecule has 0 spiro atoms.